The highest BCUT2D eigenvalue weighted by Crippen LogP contribution is 2.60. The Hall–Kier alpha value is -1.43. The molecular weight excluding hydrogens is 341 g/mol. The van der Waals surface area contributed by atoms with Gasteiger partial charge in [0.1, 0.15) is 11.9 Å². The minimum absolute atomic E-state index is 0.0502. The number of benzene rings is 1. The van der Waals surface area contributed by atoms with Crippen molar-refractivity contribution in [2.75, 3.05) is 5.32 Å². The van der Waals surface area contributed by atoms with Gasteiger partial charge in [0.05, 0.1) is 16.7 Å². The van der Waals surface area contributed by atoms with Gasteiger partial charge in [-0.2, -0.15) is 0 Å². The van der Waals surface area contributed by atoms with Crippen molar-refractivity contribution >= 4 is 33.5 Å². The molecule has 4 nitrogen and oxygen atoms in total. The van der Waals surface area contributed by atoms with Gasteiger partial charge < -0.3 is 10.1 Å². The maximum atomic E-state index is 12.9. The van der Waals surface area contributed by atoms with Crippen LogP contribution in [0.4, 0.5) is 10.1 Å². The van der Waals surface area contributed by atoms with Crippen molar-refractivity contribution in [3.05, 3.63) is 30.1 Å². The minimum atomic E-state index is -0.365. The van der Waals surface area contributed by atoms with Crippen LogP contribution in [0.5, 0.6) is 0 Å². The molecule has 1 amide bonds. The van der Waals surface area contributed by atoms with Crippen molar-refractivity contribution in [1.82, 2.24) is 0 Å². The van der Waals surface area contributed by atoms with Crippen LogP contribution in [0.1, 0.15) is 6.42 Å². The number of hydrogen-bond acceptors (Lipinski definition) is 3. The Morgan fingerprint density at radius 2 is 2.00 bits per heavy atom. The molecule has 0 radical (unpaired) electrons. The zero-order valence-electron chi connectivity index (χ0n) is 11.0. The molecule has 1 aliphatic heterocycles. The molecule has 0 aromatic heterocycles. The second-order valence-electron chi connectivity index (χ2n) is 5.96. The molecule has 1 aromatic carbocycles. The Bertz CT molecular complexity index is 620. The van der Waals surface area contributed by atoms with E-state index in [4.69, 9.17) is 4.74 Å². The summed E-state index contributed by atoms with van der Waals surface area (Å²) in [5, 5.41) is 2.79. The molecule has 1 aromatic rings. The maximum absolute atomic E-state index is 12.9. The van der Waals surface area contributed by atoms with E-state index >= 15 is 0 Å². The Morgan fingerprint density at radius 1 is 1.29 bits per heavy atom. The summed E-state index contributed by atoms with van der Waals surface area (Å²) in [6, 6.07) is 5.62. The highest BCUT2D eigenvalue weighted by molar-refractivity contribution is 9.09. The van der Waals surface area contributed by atoms with Crippen LogP contribution in [0, 0.1) is 29.5 Å². The van der Waals surface area contributed by atoms with Crippen molar-refractivity contribution in [2.45, 2.75) is 17.4 Å². The second kappa shape index (κ2) is 4.53. The summed E-state index contributed by atoms with van der Waals surface area (Å²) in [4.78, 5) is 24.6. The van der Waals surface area contributed by atoms with E-state index < -0.39 is 0 Å². The Morgan fingerprint density at radius 3 is 2.71 bits per heavy atom. The van der Waals surface area contributed by atoms with Gasteiger partial charge >= 0.3 is 5.97 Å². The third-order valence-corrected chi connectivity index (χ3v) is 6.14. The lowest BCUT2D eigenvalue weighted by molar-refractivity contribution is -0.145. The van der Waals surface area contributed by atoms with E-state index in [1.54, 1.807) is 0 Å². The summed E-state index contributed by atoms with van der Waals surface area (Å²) in [5.74, 6) is -1.21. The molecule has 2 bridgehead atoms. The molecule has 0 unspecified atom stereocenters. The molecule has 6 heteroatoms. The Labute approximate surface area is 129 Å². The lowest BCUT2D eigenvalue weighted by Gasteiger charge is -2.27. The molecule has 0 spiro atoms. The van der Waals surface area contributed by atoms with Crippen LogP contribution < -0.4 is 5.32 Å². The topological polar surface area (TPSA) is 55.4 Å². The number of esters is 1. The number of anilines is 1. The largest absolute Gasteiger partial charge is 0.461 e. The molecule has 1 N–H and O–H groups in total. The molecule has 2 aliphatic carbocycles. The smallest absolute Gasteiger partial charge is 0.310 e. The number of halogens is 2. The molecule has 1 saturated heterocycles. The van der Waals surface area contributed by atoms with Crippen molar-refractivity contribution in [1.29, 1.82) is 0 Å². The van der Waals surface area contributed by atoms with Crippen molar-refractivity contribution in [3.8, 4) is 0 Å². The first kappa shape index (κ1) is 13.2. The lowest BCUT2D eigenvalue weighted by atomic mass is 9.79. The number of carbonyl (C=O) groups excluding carboxylic acids is 2. The first-order valence-electron chi connectivity index (χ1n) is 6.97. The fraction of sp³-hybridized carbons (Fsp3) is 0.467. The molecule has 4 rings (SSSR count). The van der Waals surface area contributed by atoms with Gasteiger partial charge in [-0.3, -0.25) is 9.59 Å². The predicted molar refractivity (Wildman–Crippen MR) is 76.2 cm³/mol. The molecule has 2 saturated carbocycles. The standard InChI is InChI=1S/C15H13BrFNO3/c16-12-8-5-9-11(15(20)21-13(9)12)10(8)14(19)18-7-3-1-6(17)2-4-7/h1-4,8-13H,5H2,(H,18,19)/t8-,9-,10-,11-,12+,13+/m1/s1. The van der Waals surface area contributed by atoms with Gasteiger partial charge in [-0.1, -0.05) is 15.9 Å². The van der Waals surface area contributed by atoms with E-state index in [0.717, 1.165) is 6.42 Å². The van der Waals surface area contributed by atoms with Crippen LogP contribution in [-0.2, 0) is 14.3 Å². The molecule has 6 atom stereocenters. The number of fused-ring (bicyclic) bond motifs is 1. The van der Waals surface area contributed by atoms with Gasteiger partial charge in [-0.25, -0.2) is 4.39 Å². The predicted octanol–water partition coefficient (Wildman–Crippen LogP) is 2.34. The number of hydrogen-bond donors (Lipinski definition) is 1. The van der Waals surface area contributed by atoms with E-state index in [0.29, 0.717) is 5.69 Å². The maximum Gasteiger partial charge on any atom is 0.310 e. The van der Waals surface area contributed by atoms with E-state index in [9.17, 15) is 14.0 Å². The highest BCUT2D eigenvalue weighted by atomic mass is 79.9. The quantitative estimate of drug-likeness (QED) is 0.655. The summed E-state index contributed by atoms with van der Waals surface area (Å²) in [6.07, 6.45) is 0.765. The second-order valence-corrected chi connectivity index (χ2v) is 7.01. The lowest BCUT2D eigenvalue weighted by Crippen LogP contribution is -2.40. The van der Waals surface area contributed by atoms with Crippen molar-refractivity contribution in [2.24, 2.45) is 23.7 Å². The summed E-state index contributed by atoms with van der Waals surface area (Å²) >= 11 is 3.57. The molecule has 110 valence electrons. The van der Waals surface area contributed by atoms with Crippen LogP contribution >= 0.6 is 15.9 Å². The first-order chi connectivity index (χ1) is 10.1. The summed E-state index contributed by atoms with van der Waals surface area (Å²) in [6.45, 7) is 0. The third-order valence-electron chi connectivity index (χ3n) is 4.94. The van der Waals surface area contributed by atoms with Gasteiger partial charge in [-0.05, 0) is 36.6 Å². The van der Waals surface area contributed by atoms with E-state index in [-0.39, 0.29) is 52.3 Å². The molecular formula is C15H13BrFNO3. The summed E-state index contributed by atoms with van der Waals surface area (Å²) in [5.41, 5.74) is 0.540. The van der Waals surface area contributed by atoms with Gasteiger partial charge in [0, 0.05) is 11.6 Å². The Balaban J connectivity index is 1.57. The van der Waals surface area contributed by atoms with E-state index in [1.165, 1.54) is 24.3 Å². The SMILES string of the molecule is O=C(Nc1ccc(F)cc1)[C@@H]1[C@H]2C[C@H]3[C@H](OC(=O)[C@H]31)[C@H]2Br. The van der Waals surface area contributed by atoms with E-state index in [2.05, 4.69) is 21.2 Å². The average molecular weight is 354 g/mol. The number of nitrogens with one attached hydrogen (secondary N) is 1. The third kappa shape index (κ3) is 1.84. The minimum Gasteiger partial charge on any atom is -0.461 e. The van der Waals surface area contributed by atoms with Crippen LogP contribution in [0.25, 0.3) is 0 Å². The van der Waals surface area contributed by atoms with Gasteiger partial charge in [0.15, 0.2) is 0 Å². The zero-order chi connectivity index (χ0) is 14.7. The van der Waals surface area contributed by atoms with Crippen LogP contribution in [0.3, 0.4) is 0 Å². The first-order valence-corrected chi connectivity index (χ1v) is 7.89. The highest BCUT2D eigenvalue weighted by Gasteiger charge is 2.67. The molecule has 3 aliphatic rings. The summed E-state index contributed by atoms with van der Waals surface area (Å²) < 4.78 is 18.3. The summed E-state index contributed by atoms with van der Waals surface area (Å²) in [7, 11) is 0. The number of amides is 1. The monoisotopic (exact) mass is 353 g/mol. The number of carbonyl (C=O) groups is 2. The fourth-order valence-electron chi connectivity index (χ4n) is 4.09. The average Bonchev–Trinajstić information content (AvgIpc) is 3.05. The van der Waals surface area contributed by atoms with Crippen LogP contribution in [0.15, 0.2) is 24.3 Å². The van der Waals surface area contributed by atoms with Crippen molar-refractivity contribution in [3.63, 3.8) is 0 Å². The van der Waals surface area contributed by atoms with Crippen LogP contribution in [0.2, 0.25) is 0 Å². The molecule has 1 heterocycles. The molecule has 21 heavy (non-hydrogen) atoms. The van der Waals surface area contributed by atoms with Crippen molar-refractivity contribution < 1.29 is 18.7 Å². The normalized spacial score (nSPS) is 39.4. The molecule has 3 fully saturated rings. The Kier molecular flexibility index (Phi) is 2.86. The van der Waals surface area contributed by atoms with E-state index in [1.807, 2.05) is 0 Å². The van der Waals surface area contributed by atoms with Crippen LogP contribution in [-0.4, -0.2) is 22.8 Å². The zero-order valence-corrected chi connectivity index (χ0v) is 12.5. The van der Waals surface area contributed by atoms with Gasteiger partial charge in [0.25, 0.3) is 0 Å². The van der Waals surface area contributed by atoms with Gasteiger partial charge in [-0.15, -0.1) is 0 Å². The number of ether oxygens (including phenoxy) is 1. The van der Waals surface area contributed by atoms with Gasteiger partial charge in [0.2, 0.25) is 5.91 Å². The fourth-order valence-corrected chi connectivity index (χ4v) is 5.13. The number of rotatable bonds is 2. The number of alkyl halides is 1.